The maximum absolute atomic E-state index is 13.3. The topological polar surface area (TPSA) is 78.0 Å². The lowest BCUT2D eigenvalue weighted by atomic mass is 10.1. The molecule has 2 aliphatic heterocycles. The monoisotopic (exact) mass is 481 g/mol. The van der Waals surface area contributed by atoms with Crippen LogP contribution in [0.5, 0.6) is 0 Å². The van der Waals surface area contributed by atoms with Crippen LogP contribution in [0.2, 0.25) is 5.02 Å². The average molecular weight is 482 g/mol. The summed E-state index contributed by atoms with van der Waals surface area (Å²) in [5.74, 6) is 0.364. The summed E-state index contributed by atoms with van der Waals surface area (Å²) in [6.45, 7) is 2.73. The van der Waals surface area contributed by atoms with Gasteiger partial charge < -0.3 is 9.80 Å². The summed E-state index contributed by atoms with van der Waals surface area (Å²) in [6, 6.07) is 7.37. The van der Waals surface area contributed by atoms with Gasteiger partial charge in [0.25, 0.3) is 0 Å². The van der Waals surface area contributed by atoms with Crippen LogP contribution in [0.15, 0.2) is 24.3 Å². The summed E-state index contributed by atoms with van der Waals surface area (Å²) in [7, 11) is -3.04. The molecule has 1 aliphatic carbocycles. The van der Waals surface area contributed by atoms with Crippen molar-refractivity contribution in [1.29, 1.82) is 0 Å². The standard InChI is InChI=1S/C23H32ClN3O4S/c24-21-8-4-1-5-18(21)15-22(28)26-12-10-25(11-13-26)16-23(29)27(19-6-2-3-7-19)20-9-14-32(30,31)17-20/h1,4-5,8,19-20H,2-3,6-7,9-17H2. The Morgan fingerprint density at radius 3 is 2.31 bits per heavy atom. The number of nitrogens with zero attached hydrogens (tertiary/aromatic N) is 3. The van der Waals surface area contributed by atoms with Crippen molar-refractivity contribution in [3.63, 3.8) is 0 Å². The van der Waals surface area contributed by atoms with Crippen molar-refractivity contribution in [1.82, 2.24) is 14.7 Å². The lowest BCUT2D eigenvalue weighted by Gasteiger charge is -2.38. The summed E-state index contributed by atoms with van der Waals surface area (Å²) in [4.78, 5) is 31.8. The maximum Gasteiger partial charge on any atom is 0.237 e. The summed E-state index contributed by atoms with van der Waals surface area (Å²) in [5, 5.41) is 0.603. The van der Waals surface area contributed by atoms with Gasteiger partial charge in [0.05, 0.1) is 24.5 Å². The molecule has 2 amide bonds. The first-order valence-electron chi connectivity index (χ1n) is 11.6. The van der Waals surface area contributed by atoms with Gasteiger partial charge in [0.2, 0.25) is 11.8 Å². The molecular formula is C23H32ClN3O4S. The van der Waals surface area contributed by atoms with E-state index in [-0.39, 0.29) is 41.8 Å². The molecule has 0 spiro atoms. The number of rotatable bonds is 6. The van der Waals surface area contributed by atoms with Crippen LogP contribution in [0.1, 0.15) is 37.7 Å². The molecule has 0 aromatic heterocycles. The van der Waals surface area contributed by atoms with Crippen molar-refractivity contribution in [2.45, 2.75) is 50.6 Å². The third-order valence-corrected chi connectivity index (χ3v) is 9.11. The Kier molecular flexibility index (Phi) is 7.42. The molecule has 4 rings (SSSR count). The first kappa shape index (κ1) is 23.5. The Morgan fingerprint density at radius 1 is 1.00 bits per heavy atom. The second-order valence-electron chi connectivity index (χ2n) is 9.22. The van der Waals surface area contributed by atoms with Crippen LogP contribution in [0.25, 0.3) is 0 Å². The lowest BCUT2D eigenvalue weighted by molar-refractivity contribution is -0.138. The zero-order valence-corrected chi connectivity index (χ0v) is 20.0. The smallest absolute Gasteiger partial charge is 0.237 e. The molecule has 0 radical (unpaired) electrons. The van der Waals surface area contributed by atoms with E-state index < -0.39 is 9.84 Å². The number of sulfone groups is 1. The number of hydrogen-bond donors (Lipinski definition) is 0. The van der Waals surface area contributed by atoms with Crippen molar-refractivity contribution >= 4 is 33.3 Å². The molecule has 0 bridgehead atoms. The number of carbonyl (C=O) groups is 2. The van der Waals surface area contributed by atoms with E-state index in [2.05, 4.69) is 4.90 Å². The van der Waals surface area contributed by atoms with Crippen LogP contribution in [0.4, 0.5) is 0 Å². The summed E-state index contributed by atoms with van der Waals surface area (Å²) < 4.78 is 24.1. The molecule has 1 aromatic rings. The van der Waals surface area contributed by atoms with Gasteiger partial charge in [0.15, 0.2) is 9.84 Å². The molecule has 7 nitrogen and oxygen atoms in total. The zero-order valence-electron chi connectivity index (χ0n) is 18.4. The van der Waals surface area contributed by atoms with Crippen LogP contribution in [-0.4, -0.2) is 91.2 Å². The third-order valence-electron chi connectivity index (χ3n) is 6.99. The number of piperazine rings is 1. The molecule has 1 atom stereocenters. The minimum absolute atomic E-state index is 0.0369. The van der Waals surface area contributed by atoms with E-state index in [9.17, 15) is 18.0 Å². The molecule has 3 fully saturated rings. The van der Waals surface area contributed by atoms with E-state index in [0.29, 0.717) is 44.2 Å². The highest BCUT2D eigenvalue weighted by Crippen LogP contribution is 2.29. The van der Waals surface area contributed by atoms with E-state index >= 15 is 0 Å². The second kappa shape index (κ2) is 10.1. The molecule has 176 valence electrons. The first-order valence-corrected chi connectivity index (χ1v) is 13.8. The average Bonchev–Trinajstić information content (AvgIpc) is 3.40. The van der Waals surface area contributed by atoms with Crippen LogP contribution in [0, 0.1) is 0 Å². The van der Waals surface area contributed by atoms with Crippen molar-refractivity contribution in [3.05, 3.63) is 34.9 Å². The minimum atomic E-state index is -3.04. The van der Waals surface area contributed by atoms with Crippen LogP contribution >= 0.6 is 11.6 Å². The van der Waals surface area contributed by atoms with Crippen molar-refractivity contribution < 1.29 is 18.0 Å². The zero-order chi connectivity index (χ0) is 22.7. The summed E-state index contributed by atoms with van der Waals surface area (Å²) in [6.07, 6.45) is 4.96. The van der Waals surface area contributed by atoms with Gasteiger partial charge in [-0.05, 0) is 30.9 Å². The largest absolute Gasteiger partial charge is 0.340 e. The number of hydrogen-bond acceptors (Lipinski definition) is 5. The van der Waals surface area contributed by atoms with Crippen molar-refractivity contribution in [3.8, 4) is 0 Å². The number of halogens is 1. The molecule has 2 heterocycles. The molecule has 32 heavy (non-hydrogen) atoms. The van der Waals surface area contributed by atoms with Gasteiger partial charge in [-0.2, -0.15) is 0 Å². The van der Waals surface area contributed by atoms with Gasteiger partial charge in [0.1, 0.15) is 0 Å². The third kappa shape index (κ3) is 5.64. The Labute approximate surface area is 195 Å². The normalized spacial score (nSPS) is 24.0. The Hall–Kier alpha value is -1.64. The molecule has 0 N–H and O–H groups in total. The SMILES string of the molecule is O=C(Cc1ccccc1Cl)N1CCN(CC(=O)N(C2CCCC2)C2CCS(=O)(=O)C2)CC1. The lowest BCUT2D eigenvalue weighted by Crippen LogP contribution is -2.54. The van der Waals surface area contributed by atoms with Gasteiger partial charge in [-0.25, -0.2) is 8.42 Å². The van der Waals surface area contributed by atoms with Crippen LogP contribution in [-0.2, 0) is 25.8 Å². The quantitative estimate of drug-likeness (QED) is 0.621. The molecular weight excluding hydrogens is 450 g/mol. The highest BCUT2D eigenvalue weighted by Gasteiger charge is 2.39. The molecule has 9 heteroatoms. The van der Waals surface area contributed by atoms with Crippen molar-refractivity contribution in [2.75, 3.05) is 44.2 Å². The maximum atomic E-state index is 13.3. The predicted octanol–water partition coefficient (Wildman–Crippen LogP) is 1.98. The van der Waals surface area contributed by atoms with Crippen LogP contribution in [0.3, 0.4) is 0 Å². The molecule has 1 unspecified atom stereocenters. The van der Waals surface area contributed by atoms with Gasteiger partial charge in [-0.15, -0.1) is 0 Å². The Bertz CT molecular complexity index is 940. The number of amides is 2. The summed E-state index contributed by atoms with van der Waals surface area (Å²) in [5.41, 5.74) is 0.829. The highest BCUT2D eigenvalue weighted by atomic mass is 35.5. The summed E-state index contributed by atoms with van der Waals surface area (Å²) >= 11 is 6.18. The fourth-order valence-electron chi connectivity index (χ4n) is 5.23. The first-order chi connectivity index (χ1) is 15.3. The molecule has 3 aliphatic rings. The van der Waals surface area contributed by atoms with E-state index in [1.807, 2.05) is 28.0 Å². The van der Waals surface area contributed by atoms with Gasteiger partial charge in [-0.3, -0.25) is 14.5 Å². The molecule has 1 saturated carbocycles. The van der Waals surface area contributed by atoms with Crippen LogP contribution < -0.4 is 0 Å². The fraction of sp³-hybridized carbons (Fsp3) is 0.652. The minimum Gasteiger partial charge on any atom is -0.340 e. The Balaban J connectivity index is 1.31. The molecule has 2 saturated heterocycles. The predicted molar refractivity (Wildman–Crippen MR) is 124 cm³/mol. The molecule has 1 aromatic carbocycles. The van der Waals surface area contributed by atoms with Gasteiger partial charge in [0, 0.05) is 43.3 Å². The fourth-order valence-corrected chi connectivity index (χ4v) is 7.14. The van der Waals surface area contributed by atoms with E-state index in [4.69, 9.17) is 11.6 Å². The van der Waals surface area contributed by atoms with Gasteiger partial charge in [-0.1, -0.05) is 42.6 Å². The second-order valence-corrected chi connectivity index (χ2v) is 11.9. The van der Waals surface area contributed by atoms with Crippen molar-refractivity contribution in [2.24, 2.45) is 0 Å². The van der Waals surface area contributed by atoms with E-state index in [1.165, 1.54) is 0 Å². The Morgan fingerprint density at radius 2 is 1.69 bits per heavy atom. The van der Waals surface area contributed by atoms with E-state index in [1.54, 1.807) is 6.07 Å². The highest BCUT2D eigenvalue weighted by molar-refractivity contribution is 7.91. The number of benzene rings is 1. The van der Waals surface area contributed by atoms with E-state index in [0.717, 1.165) is 31.2 Å². The van der Waals surface area contributed by atoms with Gasteiger partial charge >= 0.3 is 0 Å². The number of carbonyl (C=O) groups excluding carboxylic acids is 2.